The Morgan fingerprint density at radius 2 is 1.94 bits per heavy atom. The van der Waals surface area contributed by atoms with E-state index in [1.165, 1.54) is 25.9 Å². The van der Waals surface area contributed by atoms with E-state index < -0.39 is 5.97 Å². The molecule has 0 unspecified atom stereocenters. The number of hydrogen-bond donors (Lipinski definition) is 2. The van der Waals surface area contributed by atoms with Gasteiger partial charge < -0.3 is 20.1 Å². The summed E-state index contributed by atoms with van der Waals surface area (Å²) in [5.74, 6) is -1.30. The molecule has 2 N–H and O–H groups in total. The minimum atomic E-state index is -1.09. The summed E-state index contributed by atoms with van der Waals surface area (Å²) in [5.41, 5.74) is 0. The number of aliphatic carboxylic acids is 1. The first kappa shape index (κ1) is 14.0. The zero-order valence-corrected chi connectivity index (χ0v) is 10.5. The summed E-state index contributed by atoms with van der Waals surface area (Å²) in [7, 11) is 0. The first-order chi connectivity index (χ1) is 8.08. The van der Waals surface area contributed by atoms with Gasteiger partial charge in [-0.3, -0.25) is 4.79 Å². The van der Waals surface area contributed by atoms with Crippen molar-refractivity contribution in [2.45, 2.75) is 32.6 Å². The number of likely N-dealkylation sites (tertiary alicyclic amines) is 1. The maximum absolute atomic E-state index is 11.5. The van der Waals surface area contributed by atoms with Crippen molar-refractivity contribution < 1.29 is 19.6 Å². The van der Waals surface area contributed by atoms with Gasteiger partial charge in [0, 0.05) is 25.2 Å². The fraction of sp³-hybridized carbons (Fsp3) is 0.833. The van der Waals surface area contributed by atoms with E-state index in [2.05, 4.69) is 5.32 Å². The van der Waals surface area contributed by atoms with Crippen LogP contribution in [0, 0.1) is 5.92 Å². The summed E-state index contributed by atoms with van der Waals surface area (Å²) in [6.45, 7) is 5.82. The van der Waals surface area contributed by atoms with Gasteiger partial charge >= 0.3 is 0 Å². The van der Waals surface area contributed by atoms with Crippen LogP contribution in [0.5, 0.6) is 0 Å². The van der Waals surface area contributed by atoms with Crippen LogP contribution in [0.2, 0.25) is 0 Å². The van der Waals surface area contributed by atoms with Gasteiger partial charge in [0.1, 0.15) is 0 Å². The van der Waals surface area contributed by atoms with Crippen LogP contribution >= 0.6 is 0 Å². The zero-order valence-electron chi connectivity index (χ0n) is 10.5. The van der Waals surface area contributed by atoms with Crippen LogP contribution in [0.1, 0.15) is 32.6 Å². The number of carbonyl (C=O) groups excluding carboxylic acids is 2. The van der Waals surface area contributed by atoms with Crippen molar-refractivity contribution in [3.8, 4) is 0 Å². The molecule has 0 aromatic carbocycles. The second kappa shape index (κ2) is 7.27. The largest absolute Gasteiger partial charge is 0.550 e. The lowest BCUT2D eigenvalue weighted by atomic mass is 10.0. The van der Waals surface area contributed by atoms with Gasteiger partial charge in [0.2, 0.25) is 5.91 Å². The number of nitrogens with one attached hydrogen (secondary N) is 2. The van der Waals surface area contributed by atoms with Gasteiger partial charge in [-0.1, -0.05) is 6.92 Å². The minimum absolute atomic E-state index is 0.0508. The Labute approximate surface area is 102 Å². The van der Waals surface area contributed by atoms with Crippen LogP contribution in [0.4, 0.5) is 0 Å². The third-order valence-electron chi connectivity index (χ3n) is 3.16. The highest BCUT2D eigenvalue weighted by Crippen LogP contribution is 2.05. The van der Waals surface area contributed by atoms with E-state index in [0.29, 0.717) is 6.54 Å². The van der Waals surface area contributed by atoms with Crippen molar-refractivity contribution in [2.24, 2.45) is 5.92 Å². The molecule has 0 bridgehead atoms. The van der Waals surface area contributed by atoms with E-state index in [9.17, 15) is 14.7 Å². The molecule has 0 aromatic rings. The van der Waals surface area contributed by atoms with E-state index in [-0.39, 0.29) is 24.7 Å². The third kappa shape index (κ3) is 6.26. The quantitative estimate of drug-likeness (QED) is 0.539. The van der Waals surface area contributed by atoms with E-state index in [1.54, 1.807) is 11.8 Å². The van der Waals surface area contributed by atoms with Crippen molar-refractivity contribution in [2.75, 3.05) is 26.2 Å². The number of amides is 1. The molecule has 0 spiro atoms. The van der Waals surface area contributed by atoms with Gasteiger partial charge in [0.05, 0.1) is 26.2 Å². The van der Waals surface area contributed by atoms with Gasteiger partial charge in [0.25, 0.3) is 0 Å². The molecule has 1 saturated heterocycles. The van der Waals surface area contributed by atoms with Crippen LogP contribution < -0.4 is 15.3 Å². The topological polar surface area (TPSA) is 73.7 Å². The number of carbonyl (C=O) groups is 2. The molecule has 0 radical (unpaired) electrons. The summed E-state index contributed by atoms with van der Waals surface area (Å²) in [6, 6.07) is 0. The molecule has 98 valence electrons. The van der Waals surface area contributed by atoms with Crippen LogP contribution in [-0.4, -0.2) is 38.1 Å². The van der Waals surface area contributed by atoms with Crippen molar-refractivity contribution in [1.29, 1.82) is 0 Å². The normalized spacial score (nSPS) is 17.9. The maximum atomic E-state index is 11.5. The average molecular weight is 242 g/mol. The minimum Gasteiger partial charge on any atom is -0.550 e. The number of hydrogen-bond acceptors (Lipinski definition) is 3. The third-order valence-corrected chi connectivity index (χ3v) is 3.16. The Bertz CT molecular complexity index is 262. The smallest absolute Gasteiger partial charge is 0.220 e. The fourth-order valence-electron chi connectivity index (χ4n) is 2.25. The number of rotatable bonds is 7. The fourth-order valence-corrected chi connectivity index (χ4v) is 2.25. The molecule has 1 aliphatic heterocycles. The Morgan fingerprint density at radius 3 is 2.53 bits per heavy atom. The van der Waals surface area contributed by atoms with Gasteiger partial charge in [-0.2, -0.15) is 0 Å². The highest BCUT2D eigenvalue weighted by molar-refractivity contribution is 5.76. The Morgan fingerprint density at radius 1 is 1.29 bits per heavy atom. The second-order valence-electron chi connectivity index (χ2n) is 4.94. The van der Waals surface area contributed by atoms with Crippen LogP contribution in [0.15, 0.2) is 0 Å². The first-order valence-electron chi connectivity index (χ1n) is 6.38. The van der Waals surface area contributed by atoms with Crippen LogP contribution in [-0.2, 0) is 9.59 Å². The van der Waals surface area contributed by atoms with Crippen molar-refractivity contribution in [3.05, 3.63) is 0 Å². The van der Waals surface area contributed by atoms with Gasteiger partial charge in [-0.25, -0.2) is 0 Å². The number of carboxylic acids is 1. The predicted octanol–water partition coefficient (Wildman–Crippen LogP) is -2.05. The molecule has 1 aliphatic rings. The van der Waals surface area contributed by atoms with Crippen molar-refractivity contribution in [1.82, 2.24) is 5.32 Å². The summed E-state index contributed by atoms with van der Waals surface area (Å²) in [6.07, 6.45) is 2.78. The molecule has 1 rings (SSSR count). The highest BCUT2D eigenvalue weighted by atomic mass is 16.4. The van der Waals surface area contributed by atoms with Gasteiger partial charge in [-0.15, -0.1) is 0 Å². The lowest BCUT2D eigenvalue weighted by Gasteiger charge is -2.14. The molecule has 1 heterocycles. The maximum Gasteiger partial charge on any atom is 0.220 e. The summed E-state index contributed by atoms with van der Waals surface area (Å²) in [4.78, 5) is 23.4. The Hall–Kier alpha value is -1.10. The second-order valence-corrected chi connectivity index (χ2v) is 4.94. The molecule has 1 atom stereocenters. The lowest BCUT2D eigenvalue weighted by Crippen LogP contribution is -3.10. The van der Waals surface area contributed by atoms with E-state index >= 15 is 0 Å². The van der Waals surface area contributed by atoms with E-state index in [4.69, 9.17) is 0 Å². The number of carboxylic acid groups (broad SMARTS) is 1. The molecule has 5 heteroatoms. The summed E-state index contributed by atoms with van der Waals surface area (Å²) >= 11 is 0. The Balaban J connectivity index is 2.05. The van der Waals surface area contributed by atoms with Crippen LogP contribution in [0.25, 0.3) is 0 Å². The van der Waals surface area contributed by atoms with Crippen LogP contribution in [0.3, 0.4) is 0 Å². The Kier molecular flexibility index (Phi) is 5.97. The van der Waals surface area contributed by atoms with Crippen molar-refractivity contribution in [3.63, 3.8) is 0 Å². The molecular formula is C12H22N2O3. The van der Waals surface area contributed by atoms with E-state index in [0.717, 1.165) is 6.54 Å². The molecule has 1 fully saturated rings. The van der Waals surface area contributed by atoms with Gasteiger partial charge in [-0.05, 0) is 12.3 Å². The summed E-state index contributed by atoms with van der Waals surface area (Å²) in [5, 5.41) is 13.2. The van der Waals surface area contributed by atoms with Crippen molar-refractivity contribution >= 4 is 11.9 Å². The SMILES string of the molecule is C[C@H](CC(=O)[O-])CC(=O)NCC[NH+]1CCCC1. The monoisotopic (exact) mass is 242 g/mol. The summed E-state index contributed by atoms with van der Waals surface area (Å²) < 4.78 is 0. The molecular weight excluding hydrogens is 220 g/mol. The standard InChI is InChI=1S/C12H22N2O3/c1-10(9-12(16)17)8-11(15)13-4-7-14-5-2-3-6-14/h10H,2-9H2,1H3,(H,13,15)(H,16,17)/t10-/m0/s1. The first-order valence-corrected chi connectivity index (χ1v) is 6.38. The predicted molar refractivity (Wildman–Crippen MR) is 61.2 cm³/mol. The molecule has 0 aliphatic carbocycles. The molecule has 0 saturated carbocycles. The van der Waals surface area contributed by atoms with Gasteiger partial charge in [0.15, 0.2) is 0 Å². The molecule has 1 amide bonds. The molecule has 5 nitrogen and oxygen atoms in total. The molecule has 17 heavy (non-hydrogen) atoms. The highest BCUT2D eigenvalue weighted by Gasteiger charge is 2.15. The lowest BCUT2D eigenvalue weighted by molar-refractivity contribution is -0.886. The average Bonchev–Trinajstić information content (AvgIpc) is 2.68. The molecule has 0 aromatic heterocycles. The van der Waals surface area contributed by atoms with E-state index in [1.807, 2.05) is 0 Å². The zero-order chi connectivity index (χ0) is 12.7. The number of quaternary nitrogens is 1.